The van der Waals surface area contributed by atoms with E-state index in [1.54, 1.807) is 0 Å². The van der Waals surface area contributed by atoms with Crippen LogP contribution in [-0.4, -0.2) is 62.2 Å². The monoisotopic (exact) mass is 398 g/mol. The Morgan fingerprint density at radius 3 is 2.62 bits per heavy atom. The number of likely N-dealkylation sites (tertiary alicyclic amines) is 2. The molecule has 3 saturated heterocycles. The Morgan fingerprint density at radius 1 is 1.17 bits per heavy atom. The number of rotatable bonds is 4. The Bertz CT molecular complexity index is 703. The Labute approximate surface area is 176 Å². The summed E-state index contributed by atoms with van der Waals surface area (Å²) in [7, 11) is 1.90. The van der Waals surface area contributed by atoms with E-state index < -0.39 is 0 Å². The Kier molecular flexibility index (Phi) is 6.45. The lowest BCUT2D eigenvalue weighted by Crippen LogP contribution is -2.41. The van der Waals surface area contributed by atoms with Crippen molar-refractivity contribution in [3.05, 3.63) is 35.4 Å². The topological polar surface area (TPSA) is 40.1 Å². The lowest BCUT2D eigenvalue weighted by atomic mass is 9.87. The number of ether oxygens (including phenoxy) is 1. The molecule has 3 aliphatic rings. The molecule has 3 atom stereocenters. The van der Waals surface area contributed by atoms with Crippen LogP contribution in [0.3, 0.4) is 0 Å². The molecule has 29 heavy (non-hydrogen) atoms. The van der Waals surface area contributed by atoms with Crippen molar-refractivity contribution < 1.29 is 4.74 Å². The Hall–Kier alpha value is -1.59. The van der Waals surface area contributed by atoms with E-state index in [9.17, 15) is 0 Å². The molecule has 1 spiro atoms. The van der Waals surface area contributed by atoms with Gasteiger partial charge in [-0.2, -0.15) is 0 Å². The molecule has 0 aliphatic carbocycles. The lowest BCUT2D eigenvalue weighted by molar-refractivity contribution is 0.134. The molecule has 5 nitrogen and oxygen atoms in total. The molecule has 0 bridgehead atoms. The maximum atomic E-state index is 5.68. The Morgan fingerprint density at radius 2 is 1.93 bits per heavy atom. The van der Waals surface area contributed by atoms with E-state index in [2.05, 4.69) is 58.2 Å². The third-order valence-corrected chi connectivity index (χ3v) is 7.03. The zero-order valence-corrected chi connectivity index (χ0v) is 18.5. The van der Waals surface area contributed by atoms with E-state index in [4.69, 9.17) is 4.74 Å². The average Bonchev–Trinajstić information content (AvgIpc) is 3.33. The van der Waals surface area contributed by atoms with Crippen LogP contribution in [0, 0.1) is 17.3 Å². The second-order valence-electron chi connectivity index (χ2n) is 9.78. The van der Waals surface area contributed by atoms with Gasteiger partial charge in [0.15, 0.2) is 5.96 Å². The number of hydrogen-bond acceptors (Lipinski definition) is 3. The second-order valence-corrected chi connectivity index (χ2v) is 9.78. The number of hydrogen-bond donors (Lipinski definition) is 1. The normalized spacial score (nSPS) is 31.0. The third-order valence-electron chi connectivity index (χ3n) is 7.03. The predicted molar refractivity (Wildman–Crippen MR) is 119 cm³/mol. The number of benzene rings is 1. The van der Waals surface area contributed by atoms with E-state index >= 15 is 0 Å². The summed E-state index contributed by atoms with van der Waals surface area (Å²) in [5.74, 6) is 2.62. The SMILES string of the molecule is CN=C(NCc1ccccc1CN1CC(C)CC(C)C1)N1CCC2(CCOC2)C1. The number of nitrogens with one attached hydrogen (secondary N) is 1. The molecule has 3 heterocycles. The summed E-state index contributed by atoms with van der Waals surface area (Å²) >= 11 is 0. The molecular weight excluding hydrogens is 360 g/mol. The molecule has 1 N–H and O–H groups in total. The lowest BCUT2D eigenvalue weighted by Gasteiger charge is -2.35. The fraction of sp³-hybridized carbons (Fsp3) is 0.708. The minimum absolute atomic E-state index is 0.358. The summed E-state index contributed by atoms with van der Waals surface area (Å²) < 4.78 is 5.68. The smallest absolute Gasteiger partial charge is 0.193 e. The van der Waals surface area contributed by atoms with E-state index in [0.717, 1.165) is 57.2 Å². The predicted octanol–water partition coefficient (Wildman–Crippen LogP) is 3.35. The number of aliphatic imine (C=N–C) groups is 1. The third kappa shape index (κ3) is 4.95. The summed E-state index contributed by atoms with van der Waals surface area (Å²) in [5.41, 5.74) is 3.19. The number of piperidine rings is 1. The molecule has 0 saturated carbocycles. The highest BCUT2D eigenvalue weighted by Gasteiger charge is 2.42. The van der Waals surface area contributed by atoms with Crippen LogP contribution in [0.25, 0.3) is 0 Å². The van der Waals surface area contributed by atoms with Crippen molar-refractivity contribution in [2.24, 2.45) is 22.2 Å². The van der Waals surface area contributed by atoms with Gasteiger partial charge in [0.1, 0.15) is 0 Å². The van der Waals surface area contributed by atoms with Crippen molar-refractivity contribution in [1.29, 1.82) is 0 Å². The Balaban J connectivity index is 1.37. The van der Waals surface area contributed by atoms with Crippen LogP contribution in [0.1, 0.15) is 44.2 Å². The van der Waals surface area contributed by atoms with Crippen LogP contribution in [0.2, 0.25) is 0 Å². The molecule has 3 unspecified atom stereocenters. The van der Waals surface area contributed by atoms with Gasteiger partial charge in [-0.1, -0.05) is 38.1 Å². The van der Waals surface area contributed by atoms with Crippen LogP contribution in [0.5, 0.6) is 0 Å². The molecule has 0 amide bonds. The zero-order chi connectivity index (χ0) is 20.3. The summed E-state index contributed by atoms with van der Waals surface area (Å²) in [6, 6.07) is 8.90. The largest absolute Gasteiger partial charge is 0.381 e. The van der Waals surface area contributed by atoms with E-state index in [-0.39, 0.29) is 0 Å². The van der Waals surface area contributed by atoms with Gasteiger partial charge < -0.3 is 15.0 Å². The van der Waals surface area contributed by atoms with Crippen LogP contribution in [0.15, 0.2) is 29.3 Å². The molecule has 5 heteroatoms. The maximum absolute atomic E-state index is 5.68. The first-order chi connectivity index (χ1) is 14.1. The van der Waals surface area contributed by atoms with Gasteiger partial charge in [-0.3, -0.25) is 9.89 Å². The maximum Gasteiger partial charge on any atom is 0.193 e. The molecule has 4 rings (SSSR count). The van der Waals surface area contributed by atoms with Crippen LogP contribution < -0.4 is 5.32 Å². The van der Waals surface area contributed by atoms with Crippen LogP contribution >= 0.6 is 0 Å². The first kappa shape index (κ1) is 20.7. The fourth-order valence-electron chi connectivity index (χ4n) is 5.64. The summed E-state index contributed by atoms with van der Waals surface area (Å²) in [5, 5.41) is 3.65. The van der Waals surface area contributed by atoms with Gasteiger partial charge in [0.2, 0.25) is 0 Å². The number of nitrogens with zero attached hydrogens (tertiary/aromatic N) is 3. The van der Waals surface area contributed by atoms with E-state index in [1.165, 1.54) is 43.5 Å². The highest BCUT2D eigenvalue weighted by atomic mass is 16.5. The first-order valence-electron chi connectivity index (χ1n) is 11.4. The quantitative estimate of drug-likeness (QED) is 0.624. The van der Waals surface area contributed by atoms with Crippen molar-refractivity contribution in [3.8, 4) is 0 Å². The minimum Gasteiger partial charge on any atom is -0.381 e. The van der Waals surface area contributed by atoms with Crippen LogP contribution in [-0.2, 0) is 17.8 Å². The van der Waals surface area contributed by atoms with Gasteiger partial charge in [0.25, 0.3) is 0 Å². The van der Waals surface area contributed by atoms with E-state index in [0.29, 0.717) is 5.41 Å². The summed E-state index contributed by atoms with van der Waals surface area (Å²) in [6.07, 6.45) is 3.77. The zero-order valence-electron chi connectivity index (χ0n) is 18.5. The van der Waals surface area contributed by atoms with Gasteiger partial charge in [-0.25, -0.2) is 0 Å². The van der Waals surface area contributed by atoms with Gasteiger partial charge >= 0.3 is 0 Å². The fourth-order valence-corrected chi connectivity index (χ4v) is 5.64. The van der Waals surface area contributed by atoms with Gasteiger partial charge in [-0.15, -0.1) is 0 Å². The molecule has 1 aromatic rings. The molecule has 3 fully saturated rings. The van der Waals surface area contributed by atoms with Crippen molar-refractivity contribution in [1.82, 2.24) is 15.1 Å². The molecule has 1 aromatic carbocycles. The summed E-state index contributed by atoms with van der Waals surface area (Å²) in [4.78, 5) is 9.64. The molecule has 0 radical (unpaired) electrons. The summed E-state index contributed by atoms with van der Waals surface area (Å²) in [6.45, 7) is 13.1. The van der Waals surface area contributed by atoms with Gasteiger partial charge in [0, 0.05) is 58.3 Å². The molecule has 160 valence electrons. The van der Waals surface area contributed by atoms with Crippen molar-refractivity contribution in [2.75, 3.05) is 46.4 Å². The second kappa shape index (κ2) is 9.05. The van der Waals surface area contributed by atoms with Crippen molar-refractivity contribution in [2.45, 2.75) is 46.2 Å². The van der Waals surface area contributed by atoms with Gasteiger partial charge in [0.05, 0.1) is 6.61 Å². The highest BCUT2D eigenvalue weighted by Crippen LogP contribution is 2.38. The van der Waals surface area contributed by atoms with E-state index in [1.807, 2.05) is 7.05 Å². The van der Waals surface area contributed by atoms with Gasteiger partial charge in [-0.05, 0) is 42.2 Å². The first-order valence-corrected chi connectivity index (χ1v) is 11.4. The van der Waals surface area contributed by atoms with Crippen LogP contribution in [0.4, 0.5) is 0 Å². The number of guanidine groups is 1. The molecule has 0 aromatic heterocycles. The minimum atomic E-state index is 0.358. The average molecular weight is 399 g/mol. The highest BCUT2D eigenvalue weighted by molar-refractivity contribution is 5.80. The van der Waals surface area contributed by atoms with Crippen molar-refractivity contribution >= 4 is 5.96 Å². The molecular formula is C24H38N4O. The standard InChI is InChI=1S/C24H38N4O/c1-19-12-20(2)15-27(14-19)16-22-7-5-4-6-21(22)13-26-23(25-3)28-10-8-24(17-28)9-11-29-18-24/h4-7,19-20H,8-18H2,1-3H3,(H,25,26). The molecule has 3 aliphatic heterocycles. The van der Waals surface area contributed by atoms with Crippen molar-refractivity contribution in [3.63, 3.8) is 0 Å².